The maximum Gasteiger partial charge on any atom is 0.252 e. The molecule has 0 saturated carbocycles. The van der Waals surface area contributed by atoms with E-state index < -0.39 is 0 Å². The number of nitrogens with zero attached hydrogens (tertiary/aromatic N) is 3. The smallest absolute Gasteiger partial charge is 0.252 e. The molecule has 5 rings (SSSR count). The third kappa shape index (κ3) is 5.58. The second-order valence-corrected chi connectivity index (χ2v) is 9.42. The number of benzene rings is 2. The maximum atomic E-state index is 12.6. The zero-order chi connectivity index (χ0) is 24.9. The molecule has 7 nitrogen and oxygen atoms in total. The Labute approximate surface area is 215 Å². The first-order valence-corrected chi connectivity index (χ1v) is 12.6. The van der Waals surface area contributed by atoms with E-state index in [1.54, 1.807) is 18.3 Å². The molecule has 0 bridgehead atoms. The van der Waals surface area contributed by atoms with Crippen molar-refractivity contribution < 1.29 is 4.79 Å². The molecule has 4 aromatic rings. The van der Waals surface area contributed by atoms with Gasteiger partial charge in [0.2, 0.25) is 0 Å². The molecule has 0 aliphatic carbocycles. The average molecular weight is 501 g/mol. The highest BCUT2D eigenvalue weighted by atomic mass is 35.5. The molecule has 8 heteroatoms. The number of halogens is 1. The van der Waals surface area contributed by atoms with Gasteiger partial charge in [0.25, 0.3) is 5.91 Å². The Morgan fingerprint density at radius 2 is 1.92 bits per heavy atom. The fourth-order valence-electron chi connectivity index (χ4n) is 4.48. The van der Waals surface area contributed by atoms with Gasteiger partial charge in [0.1, 0.15) is 5.82 Å². The van der Waals surface area contributed by atoms with E-state index in [0.717, 1.165) is 47.4 Å². The van der Waals surface area contributed by atoms with E-state index in [1.807, 2.05) is 42.5 Å². The Morgan fingerprint density at radius 3 is 2.75 bits per heavy atom. The molecule has 1 aliphatic rings. The molecule has 0 spiro atoms. The molecule has 0 atom stereocenters. The highest BCUT2D eigenvalue weighted by Gasteiger charge is 2.15. The van der Waals surface area contributed by atoms with Gasteiger partial charge in [0.15, 0.2) is 0 Å². The van der Waals surface area contributed by atoms with Crippen molar-refractivity contribution in [2.24, 2.45) is 0 Å². The van der Waals surface area contributed by atoms with Gasteiger partial charge in [-0.1, -0.05) is 29.8 Å². The average Bonchev–Trinajstić information content (AvgIpc) is 3.41. The molecule has 1 saturated heterocycles. The molecular weight excluding hydrogens is 472 g/mol. The Balaban J connectivity index is 1.25. The molecule has 1 fully saturated rings. The predicted molar refractivity (Wildman–Crippen MR) is 146 cm³/mol. The van der Waals surface area contributed by atoms with Crippen LogP contribution >= 0.6 is 11.6 Å². The van der Waals surface area contributed by atoms with Crippen molar-refractivity contribution in [2.75, 3.05) is 37.2 Å². The topological polar surface area (TPSA) is 96.2 Å². The van der Waals surface area contributed by atoms with Gasteiger partial charge in [0.05, 0.1) is 27.5 Å². The molecule has 0 unspecified atom stereocenters. The van der Waals surface area contributed by atoms with Crippen LogP contribution < -0.4 is 16.4 Å². The van der Waals surface area contributed by atoms with Crippen molar-refractivity contribution in [2.45, 2.75) is 19.4 Å². The summed E-state index contributed by atoms with van der Waals surface area (Å²) >= 11 is 6.50. The van der Waals surface area contributed by atoms with Crippen LogP contribution in [-0.4, -0.2) is 47.0 Å². The number of fused-ring (bicyclic) bond motifs is 1. The molecule has 36 heavy (non-hydrogen) atoms. The van der Waals surface area contributed by atoms with Crippen molar-refractivity contribution in [3.05, 3.63) is 83.0 Å². The maximum absolute atomic E-state index is 12.6. The second-order valence-electron chi connectivity index (χ2n) is 9.02. The van der Waals surface area contributed by atoms with Gasteiger partial charge in [-0.3, -0.25) is 9.78 Å². The van der Waals surface area contributed by atoms with Crippen LogP contribution in [0.4, 0.5) is 11.5 Å². The number of nitrogens with one attached hydrogen (secondary N) is 2. The summed E-state index contributed by atoms with van der Waals surface area (Å²) in [6.07, 6.45) is 4.26. The summed E-state index contributed by atoms with van der Waals surface area (Å²) in [5.41, 5.74) is 10.8. The van der Waals surface area contributed by atoms with Crippen LogP contribution in [0.15, 0.2) is 66.9 Å². The number of nitrogen functional groups attached to an aromatic ring is 1. The summed E-state index contributed by atoms with van der Waals surface area (Å²) in [5.74, 6) is 0.433. The summed E-state index contributed by atoms with van der Waals surface area (Å²) in [5, 5.41) is 7.79. The molecule has 3 heterocycles. The second kappa shape index (κ2) is 10.9. The number of hydrogen-bond acceptors (Lipinski definition) is 6. The van der Waals surface area contributed by atoms with Crippen LogP contribution in [0.1, 0.15) is 28.8 Å². The number of amides is 1. The summed E-state index contributed by atoms with van der Waals surface area (Å²) in [7, 11) is 0. The lowest BCUT2D eigenvalue weighted by molar-refractivity contribution is 0.0950. The fourth-order valence-corrected chi connectivity index (χ4v) is 4.75. The largest absolute Gasteiger partial charge is 0.396 e. The molecule has 4 N–H and O–H groups in total. The molecule has 1 aliphatic heterocycles. The fraction of sp³-hybridized carbons (Fsp3) is 0.250. The van der Waals surface area contributed by atoms with E-state index >= 15 is 0 Å². The van der Waals surface area contributed by atoms with Crippen molar-refractivity contribution >= 4 is 39.9 Å². The zero-order valence-corrected chi connectivity index (χ0v) is 20.8. The van der Waals surface area contributed by atoms with E-state index in [4.69, 9.17) is 22.3 Å². The van der Waals surface area contributed by atoms with E-state index in [9.17, 15) is 4.79 Å². The number of likely N-dealkylation sites (tertiary alicyclic amines) is 1. The third-order valence-corrected chi connectivity index (χ3v) is 6.79. The highest BCUT2D eigenvalue weighted by molar-refractivity contribution is 6.34. The highest BCUT2D eigenvalue weighted by Crippen LogP contribution is 2.28. The van der Waals surface area contributed by atoms with Gasteiger partial charge in [-0.15, -0.1) is 0 Å². The van der Waals surface area contributed by atoms with E-state index in [0.29, 0.717) is 35.2 Å². The quantitative estimate of drug-likeness (QED) is 0.316. The minimum Gasteiger partial charge on any atom is -0.396 e. The number of carbonyl (C=O) groups is 1. The SMILES string of the molecule is Nc1ccc(-c2ccc(C(=O)NCCN3CCCC3)c(Cl)c2)nc1NCc1ccc2ncccc2c1. The summed E-state index contributed by atoms with van der Waals surface area (Å²) in [4.78, 5) is 24.1. The van der Waals surface area contributed by atoms with E-state index in [2.05, 4.69) is 26.6 Å². The standard InChI is InChI=1S/C28H29ClN6O/c29-23-17-21(6-7-22(23)28(36)32-12-15-35-13-1-2-14-35)26-10-8-24(30)27(34-26)33-18-19-5-9-25-20(16-19)4-3-11-31-25/h3-11,16-17H,1-2,12-15,18,30H2,(H,32,36)(H,33,34). The molecule has 1 amide bonds. The lowest BCUT2D eigenvalue weighted by Crippen LogP contribution is -2.33. The van der Waals surface area contributed by atoms with Gasteiger partial charge in [-0.05, 0) is 74.0 Å². The van der Waals surface area contributed by atoms with E-state index in [1.165, 1.54) is 12.8 Å². The van der Waals surface area contributed by atoms with Crippen molar-refractivity contribution in [1.82, 2.24) is 20.2 Å². The molecule has 2 aromatic heterocycles. The van der Waals surface area contributed by atoms with E-state index in [-0.39, 0.29) is 5.91 Å². The molecule has 2 aromatic carbocycles. The van der Waals surface area contributed by atoms with Crippen LogP contribution in [0.3, 0.4) is 0 Å². The molecule has 184 valence electrons. The number of anilines is 2. The summed E-state index contributed by atoms with van der Waals surface area (Å²) < 4.78 is 0. The zero-order valence-electron chi connectivity index (χ0n) is 20.0. The lowest BCUT2D eigenvalue weighted by Gasteiger charge is -2.15. The lowest BCUT2D eigenvalue weighted by atomic mass is 10.1. The number of aromatic nitrogens is 2. The third-order valence-electron chi connectivity index (χ3n) is 6.48. The normalized spacial score (nSPS) is 13.7. The Bertz CT molecular complexity index is 1390. The number of pyridine rings is 2. The monoisotopic (exact) mass is 500 g/mol. The minimum atomic E-state index is -0.163. The summed E-state index contributed by atoms with van der Waals surface area (Å²) in [6.45, 7) is 4.26. The Hall–Kier alpha value is -3.68. The number of rotatable bonds is 8. The van der Waals surface area contributed by atoms with Crippen LogP contribution in [0, 0.1) is 0 Å². The van der Waals surface area contributed by atoms with Crippen molar-refractivity contribution in [3.8, 4) is 11.3 Å². The minimum absolute atomic E-state index is 0.163. The predicted octanol–water partition coefficient (Wildman–Crippen LogP) is 4.97. The van der Waals surface area contributed by atoms with Gasteiger partial charge in [0, 0.05) is 36.8 Å². The first-order valence-electron chi connectivity index (χ1n) is 12.2. The number of nitrogens with two attached hydrogens (primary N) is 1. The Morgan fingerprint density at radius 1 is 1.06 bits per heavy atom. The van der Waals surface area contributed by atoms with Crippen LogP contribution in [0.5, 0.6) is 0 Å². The van der Waals surface area contributed by atoms with Crippen LogP contribution in [0.25, 0.3) is 22.2 Å². The first-order chi connectivity index (χ1) is 17.6. The number of hydrogen-bond donors (Lipinski definition) is 3. The summed E-state index contributed by atoms with van der Waals surface area (Å²) in [6, 6.07) is 19.2. The first kappa shape index (κ1) is 24.0. The van der Waals surface area contributed by atoms with Gasteiger partial charge in [-0.2, -0.15) is 0 Å². The van der Waals surface area contributed by atoms with Crippen molar-refractivity contribution in [1.29, 1.82) is 0 Å². The molecular formula is C28H29ClN6O. The van der Waals surface area contributed by atoms with Crippen LogP contribution in [-0.2, 0) is 6.54 Å². The van der Waals surface area contributed by atoms with Gasteiger partial charge < -0.3 is 21.3 Å². The van der Waals surface area contributed by atoms with Gasteiger partial charge >= 0.3 is 0 Å². The molecule has 0 radical (unpaired) electrons. The Kier molecular flexibility index (Phi) is 7.30. The van der Waals surface area contributed by atoms with Crippen LogP contribution in [0.2, 0.25) is 5.02 Å². The van der Waals surface area contributed by atoms with Crippen molar-refractivity contribution in [3.63, 3.8) is 0 Å². The van der Waals surface area contributed by atoms with Gasteiger partial charge in [-0.25, -0.2) is 4.98 Å². The number of carbonyl (C=O) groups excluding carboxylic acids is 1.